The number of nitrogens with zero attached hydrogens (tertiary/aromatic N) is 1. The lowest BCUT2D eigenvalue weighted by Crippen LogP contribution is -2.01. The van der Waals surface area contributed by atoms with Crippen LogP contribution in [-0.2, 0) is 6.42 Å². The Kier molecular flexibility index (Phi) is 9.82. The molecular weight excluding hydrogens is 427 g/mol. The van der Waals surface area contributed by atoms with Crippen molar-refractivity contribution in [2.75, 3.05) is 40.3 Å². The number of nitrogens with one attached hydrogen (secondary N) is 1. The van der Waals surface area contributed by atoms with Gasteiger partial charge in [-0.1, -0.05) is 6.07 Å². The molecule has 0 radical (unpaired) electrons. The maximum atomic E-state index is 5.74. The zero-order chi connectivity index (χ0) is 20.1. The van der Waals surface area contributed by atoms with Gasteiger partial charge in [-0.05, 0) is 48.1 Å². The third-order valence-corrected chi connectivity index (χ3v) is 4.66. The number of hydrogen-bond acceptors (Lipinski definition) is 6. The van der Waals surface area contributed by atoms with E-state index in [2.05, 4.69) is 16.4 Å². The van der Waals surface area contributed by atoms with Gasteiger partial charge >= 0.3 is 0 Å². The van der Waals surface area contributed by atoms with Crippen LogP contribution in [0, 0.1) is 0 Å². The molecule has 1 aromatic heterocycles. The summed E-state index contributed by atoms with van der Waals surface area (Å²) >= 11 is 0. The molecule has 8 heteroatoms. The Morgan fingerprint density at radius 2 is 1.53 bits per heavy atom. The molecule has 6 nitrogen and oxygen atoms in total. The molecule has 0 fully saturated rings. The molecule has 0 aliphatic rings. The van der Waals surface area contributed by atoms with Gasteiger partial charge in [-0.15, -0.1) is 24.8 Å². The van der Waals surface area contributed by atoms with Crippen LogP contribution in [-0.4, -0.2) is 40.0 Å². The number of rotatable bonds is 8. The first-order valence-corrected chi connectivity index (χ1v) is 9.15. The van der Waals surface area contributed by atoms with Crippen LogP contribution in [0.1, 0.15) is 18.1 Å². The highest BCUT2D eigenvalue weighted by Gasteiger charge is 2.15. The maximum Gasteiger partial charge on any atom is 0.203 e. The number of ether oxygens (including phenoxy) is 4. The van der Waals surface area contributed by atoms with E-state index in [4.69, 9.17) is 18.9 Å². The smallest absolute Gasteiger partial charge is 0.203 e. The van der Waals surface area contributed by atoms with Crippen molar-refractivity contribution in [2.24, 2.45) is 0 Å². The maximum absolute atomic E-state index is 5.74. The minimum Gasteiger partial charge on any atom is -0.493 e. The summed E-state index contributed by atoms with van der Waals surface area (Å²) in [5.41, 5.74) is 3.09. The molecule has 1 N–H and O–H groups in total. The van der Waals surface area contributed by atoms with Gasteiger partial charge in [0.2, 0.25) is 5.75 Å². The highest BCUT2D eigenvalue weighted by molar-refractivity contribution is 5.98. The average Bonchev–Trinajstić information content (AvgIpc) is 2.73. The van der Waals surface area contributed by atoms with E-state index < -0.39 is 0 Å². The molecule has 0 bridgehead atoms. The van der Waals surface area contributed by atoms with Gasteiger partial charge in [0.05, 0.1) is 33.6 Å². The standard InChI is InChI=1S/C22H26N2O4.2ClH/c1-6-28-18-8-7-16-15(12-24-13-17(16)21(18)23-2)9-14-10-19(25-3)22(27-5)20(11-14)26-4;;/h7-8,10-13,23H,6,9H2,1-5H3;2*1H. The zero-order valence-corrected chi connectivity index (χ0v) is 19.4. The van der Waals surface area contributed by atoms with E-state index in [0.29, 0.717) is 30.3 Å². The lowest BCUT2D eigenvalue weighted by Gasteiger charge is -2.16. The van der Waals surface area contributed by atoms with Gasteiger partial charge in [0.15, 0.2) is 11.5 Å². The third kappa shape index (κ3) is 4.94. The topological polar surface area (TPSA) is 61.8 Å². The molecule has 0 saturated heterocycles. The van der Waals surface area contributed by atoms with Crippen LogP contribution < -0.4 is 24.3 Å². The van der Waals surface area contributed by atoms with Gasteiger partial charge in [0.25, 0.3) is 0 Å². The number of pyridine rings is 1. The second kappa shape index (κ2) is 11.6. The van der Waals surface area contributed by atoms with E-state index in [1.807, 2.05) is 44.6 Å². The lowest BCUT2D eigenvalue weighted by molar-refractivity contribution is 0.324. The summed E-state index contributed by atoms with van der Waals surface area (Å²) in [6.45, 7) is 2.58. The summed E-state index contributed by atoms with van der Waals surface area (Å²) in [7, 11) is 6.73. The molecule has 0 aliphatic heterocycles. The number of fused-ring (bicyclic) bond motifs is 1. The van der Waals surface area contributed by atoms with Crippen LogP contribution in [0.4, 0.5) is 5.69 Å². The van der Waals surface area contributed by atoms with Crippen LogP contribution in [0.15, 0.2) is 36.7 Å². The Morgan fingerprint density at radius 1 is 0.867 bits per heavy atom. The summed E-state index contributed by atoms with van der Waals surface area (Å²) in [6, 6.07) is 8.01. The number of halogens is 2. The SMILES string of the molecule is CCOc1ccc2c(Cc3cc(OC)c(OC)c(OC)c3)cncc2c1NC.Cl.Cl. The lowest BCUT2D eigenvalue weighted by atomic mass is 9.99. The molecule has 0 spiro atoms. The fraction of sp³-hybridized carbons (Fsp3) is 0.318. The first-order chi connectivity index (χ1) is 13.7. The normalized spacial score (nSPS) is 9.90. The van der Waals surface area contributed by atoms with Crippen molar-refractivity contribution >= 4 is 41.3 Å². The van der Waals surface area contributed by atoms with E-state index in [9.17, 15) is 0 Å². The molecule has 3 rings (SSSR count). The minimum absolute atomic E-state index is 0. The Balaban J connectivity index is 0.00000225. The first-order valence-electron chi connectivity index (χ1n) is 9.15. The second-order valence-corrected chi connectivity index (χ2v) is 6.23. The second-order valence-electron chi connectivity index (χ2n) is 6.23. The molecule has 3 aromatic rings. The molecule has 30 heavy (non-hydrogen) atoms. The summed E-state index contributed by atoms with van der Waals surface area (Å²) < 4.78 is 22.1. The number of benzene rings is 2. The van der Waals surface area contributed by atoms with Crippen LogP contribution in [0.5, 0.6) is 23.0 Å². The number of hydrogen-bond donors (Lipinski definition) is 1. The van der Waals surface area contributed by atoms with Gasteiger partial charge in [-0.2, -0.15) is 0 Å². The van der Waals surface area contributed by atoms with Crippen LogP contribution >= 0.6 is 24.8 Å². The van der Waals surface area contributed by atoms with Crippen molar-refractivity contribution in [3.05, 3.63) is 47.8 Å². The number of anilines is 1. The first kappa shape index (κ1) is 25.5. The largest absolute Gasteiger partial charge is 0.493 e. The van der Waals surface area contributed by atoms with Crippen molar-refractivity contribution in [3.63, 3.8) is 0 Å². The highest BCUT2D eigenvalue weighted by Crippen LogP contribution is 2.40. The molecule has 164 valence electrons. The molecule has 0 amide bonds. The fourth-order valence-corrected chi connectivity index (χ4v) is 3.42. The average molecular weight is 455 g/mol. The van der Waals surface area contributed by atoms with E-state index >= 15 is 0 Å². The quantitative estimate of drug-likeness (QED) is 0.508. The van der Waals surface area contributed by atoms with Crippen molar-refractivity contribution in [2.45, 2.75) is 13.3 Å². The summed E-state index contributed by atoms with van der Waals surface area (Å²) in [5, 5.41) is 5.39. The van der Waals surface area contributed by atoms with E-state index in [0.717, 1.165) is 33.3 Å². The van der Waals surface area contributed by atoms with Crippen LogP contribution in [0.2, 0.25) is 0 Å². The molecular formula is C22H28Cl2N2O4. The summed E-state index contributed by atoms with van der Waals surface area (Å²) in [5.74, 6) is 2.69. The van der Waals surface area contributed by atoms with Crippen LogP contribution in [0.25, 0.3) is 10.8 Å². The van der Waals surface area contributed by atoms with Crippen LogP contribution in [0.3, 0.4) is 0 Å². The summed E-state index contributed by atoms with van der Waals surface area (Å²) in [6.07, 6.45) is 4.44. The molecule has 1 heterocycles. The third-order valence-electron chi connectivity index (χ3n) is 4.66. The minimum atomic E-state index is 0. The van der Waals surface area contributed by atoms with Gasteiger partial charge in [0.1, 0.15) is 5.75 Å². The van der Waals surface area contributed by atoms with Crippen molar-refractivity contribution in [3.8, 4) is 23.0 Å². The van der Waals surface area contributed by atoms with E-state index in [1.54, 1.807) is 21.3 Å². The molecule has 0 saturated carbocycles. The van der Waals surface area contributed by atoms with Crippen molar-refractivity contribution < 1.29 is 18.9 Å². The molecule has 0 atom stereocenters. The van der Waals surface area contributed by atoms with E-state index in [-0.39, 0.29) is 24.8 Å². The Bertz CT molecular complexity index is 958. The predicted molar refractivity (Wildman–Crippen MR) is 126 cm³/mol. The Morgan fingerprint density at radius 3 is 2.07 bits per heavy atom. The van der Waals surface area contributed by atoms with Crippen molar-refractivity contribution in [1.29, 1.82) is 0 Å². The highest BCUT2D eigenvalue weighted by atomic mass is 35.5. The monoisotopic (exact) mass is 454 g/mol. The van der Waals surface area contributed by atoms with Gasteiger partial charge < -0.3 is 24.3 Å². The zero-order valence-electron chi connectivity index (χ0n) is 17.8. The number of aromatic nitrogens is 1. The predicted octanol–water partition coefficient (Wildman–Crippen LogP) is 5.14. The van der Waals surface area contributed by atoms with Crippen molar-refractivity contribution in [1.82, 2.24) is 4.98 Å². The van der Waals surface area contributed by atoms with E-state index in [1.165, 1.54) is 0 Å². The van der Waals surface area contributed by atoms with Gasteiger partial charge in [0, 0.05) is 24.8 Å². The van der Waals surface area contributed by atoms with Gasteiger partial charge in [-0.3, -0.25) is 4.98 Å². The molecule has 0 unspecified atom stereocenters. The Labute approximate surface area is 189 Å². The number of methoxy groups -OCH3 is 3. The Hall–Kier alpha value is -2.57. The summed E-state index contributed by atoms with van der Waals surface area (Å²) in [4.78, 5) is 4.45. The van der Waals surface area contributed by atoms with Gasteiger partial charge in [-0.25, -0.2) is 0 Å². The molecule has 0 aliphatic carbocycles. The molecule has 2 aromatic carbocycles. The fourth-order valence-electron chi connectivity index (χ4n) is 3.42.